The fraction of sp³-hybridized carbons (Fsp3) is 0.857. The van der Waals surface area contributed by atoms with Crippen molar-refractivity contribution in [3.63, 3.8) is 0 Å². The summed E-state index contributed by atoms with van der Waals surface area (Å²) in [4.78, 5) is 0. The summed E-state index contributed by atoms with van der Waals surface area (Å²) in [6, 6.07) is 0. The SMILES string of the molecule is C=C(C)C(C)(C(C)C)C(C)(C)C(C)C. The van der Waals surface area contributed by atoms with Crippen molar-refractivity contribution in [2.75, 3.05) is 0 Å². The average molecular weight is 196 g/mol. The zero-order valence-electron chi connectivity index (χ0n) is 11.4. The lowest BCUT2D eigenvalue weighted by atomic mass is 9.54. The molecule has 1 atom stereocenters. The molecule has 0 N–H and O–H groups in total. The number of hydrogen-bond donors (Lipinski definition) is 0. The molecule has 14 heavy (non-hydrogen) atoms. The van der Waals surface area contributed by atoms with Gasteiger partial charge in [0.1, 0.15) is 0 Å². The predicted molar refractivity (Wildman–Crippen MR) is 66.4 cm³/mol. The second-order valence-corrected chi connectivity index (χ2v) is 6.01. The van der Waals surface area contributed by atoms with Crippen LogP contribution in [0, 0.1) is 22.7 Å². The summed E-state index contributed by atoms with van der Waals surface area (Å²) in [5, 5.41) is 0. The molecular formula is C14H28. The lowest BCUT2D eigenvalue weighted by molar-refractivity contribution is 0.0306. The summed E-state index contributed by atoms with van der Waals surface area (Å²) in [6.07, 6.45) is 0. The van der Waals surface area contributed by atoms with Gasteiger partial charge in [-0.05, 0) is 29.6 Å². The Kier molecular flexibility index (Phi) is 4.01. The zero-order chi connectivity index (χ0) is 11.7. The molecule has 0 saturated carbocycles. The molecule has 1 unspecified atom stereocenters. The fourth-order valence-electron chi connectivity index (χ4n) is 2.39. The molecule has 0 aliphatic heterocycles. The first-order valence-corrected chi connectivity index (χ1v) is 5.74. The molecular weight excluding hydrogens is 168 g/mol. The van der Waals surface area contributed by atoms with Crippen LogP contribution in [0.15, 0.2) is 12.2 Å². The first-order valence-electron chi connectivity index (χ1n) is 5.74. The monoisotopic (exact) mass is 196 g/mol. The van der Waals surface area contributed by atoms with Crippen LogP contribution in [-0.4, -0.2) is 0 Å². The summed E-state index contributed by atoms with van der Waals surface area (Å²) in [5.41, 5.74) is 1.83. The molecule has 84 valence electrons. The molecule has 0 heterocycles. The quantitative estimate of drug-likeness (QED) is 0.561. The summed E-state index contributed by atoms with van der Waals surface area (Å²) in [7, 11) is 0. The highest BCUT2D eigenvalue weighted by atomic mass is 14.5. The minimum absolute atomic E-state index is 0.223. The van der Waals surface area contributed by atoms with Crippen molar-refractivity contribution < 1.29 is 0 Å². The maximum absolute atomic E-state index is 4.20. The summed E-state index contributed by atoms with van der Waals surface area (Å²) < 4.78 is 0. The van der Waals surface area contributed by atoms with Gasteiger partial charge in [0.05, 0.1) is 0 Å². The van der Waals surface area contributed by atoms with Gasteiger partial charge in [-0.2, -0.15) is 0 Å². The van der Waals surface area contributed by atoms with Gasteiger partial charge in [0.15, 0.2) is 0 Å². The molecule has 0 aromatic carbocycles. The molecule has 0 radical (unpaired) electrons. The maximum Gasteiger partial charge on any atom is -0.00453 e. The highest BCUT2D eigenvalue weighted by Crippen LogP contribution is 2.53. The van der Waals surface area contributed by atoms with Crippen LogP contribution in [0.1, 0.15) is 55.4 Å². The van der Waals surface area contributed by atoms with Crippen molar-refractivity contribution in [1.82, 2.24) is 0 Å². The van der Waals surface area contributed by atoms with E-state index in [1.807, 2.05) is 0 Å². The van der Waals surface area contributed by atoms with Gasteiger partial charge in [-0.15, -0.1) is 0 Å². The number of allylic oxidation sites excluding steroid dienone is 1. The Bertz CT molecular complexity index is 208. The van der Waals surface area contributed by atoms with Gasteiger partial charge < -0.3 is 0 Å². The largest absolute Gasteiger partial charge is 0.0996 e. The molecule has 0 fully saturated rings. The average Bonchev–Trinajstić information content (AvgIpc) is 2.01. The van der Waals surface area contributed by atoms with Crippen molar-refractivity contribution in [1.29, 1.82) is 0 Å². The lowest BCUT2D eigenvalue weighted by Gasteiger charge is -2.51. The molecule has 0 rings (SSSR count). The highest BCUT2D eigenvalue weighted by Gasteiger charge is 2.45. The Morgan fingerprint density at radius 3 is 1.36 bits per heavy atom. The van der Waals surface area contributed by atoms with Crippen molar-refractivity contribution in [2.45, 2.75) is 55.4 Å². The standard InChI is InChI=1S/C14H28/c1-10(2)13(7,8)14(9,11(3)4)12(5)6/h10,12H,3H2,1-2,4-9H3. The van der Waals surface area contributed by atoms with E-state index in [1.54, 1.807) is 0 Å². The van der Waals surface area contributed by atoms with Crippen LogP contribution >= 0.6 is 0 Å². The minimum Gasteiger partial charge on any atom is -0.0996 e. The molecule has 0 nitrogen and oxygen atoms in total. The lowest BCUT2D eigenvalue weighted by Crippen LogP contribution is -2.43. The van der Waals surface area contributed by atoms with Crippen molar-refractivity contribution in [3.05, 3.63) is 12.2 Å². The van der Waals surface area contributed by atoms with Gasteiger partial charge in [0, 0.05) is 0 Å². The summed E-state index contributed by atoms with van der Waals surface area (Å²) >= 11 is 0. The van der Waals surface area contributed by atoms with E-state index in [-0.39, 0.29) is 5.41 Å². The van der Waals surface area contributed by atoms with E-state index in [0.717, 1.165) is 0 Å². The fourth-order valence-corrected chi connectivity index (χ4v) is 2.39. The van der Waals surface area contributed by atoms with Crippen LogP contribution < -0.4 is 0 Å². The minimum atomic E-state index is 0.223. The van der Waals surface area contributed by atoms with E-state index in [1.165, 1.54) is 5.57 Å². The predicted octanol–water partition coefficient (Wildman–Crippen LogP) is 4.91. The van der Waals surface area contributed by atoms with E-state index < -0.39 is 0 Å². The van der Waals surface area contributed by atoms with Gasteiger partial charge in [-0.3, -0.25) is 0 Å². The van der Waals surface area contributed by atoms with Crippen molar-refractivity contribution in [2.24, 2.45) is 22.7 Å². The second-order valence-electron chi connectivity index (χ2n) is 6.01. The Balaban J connectivity index is 5.32. The third kappa shape index (κ3) is 1.89. The maximum atomic E-state index is 4.20. The molecule has 0 aliphatic carbocycles. The van der Waals surface area contributed by atoms with Crippen LogP contribution in [0.25, 0.3) is 0 Å². The van der Waals surface area contributed by atoms with E-state index >= 15 is 0 Å². The number of rotatable bonds is 4. The third-order valence-electron chi connectivity index (χ3n) is 4.82. The topological polar surface area (TPSA) is 0 Å². The molecule has 0 spiro atoms. The van der Waals surface area contributed by atoms with Crippen LogP contribution in [0.5, 0.6) is 0 Å². The third-order valence-corrected chi connectivity index (χ3v) is 4.82. The Labute approximate surface area is 90.8 Å². The normalized spacial score (nSPS) is 17.3. The first kappa shape index (κ1) is 13.7. The van der Waals surface area contributed by atoms with Gasteiger partial charge in [0.25, 0.3) is 0 Å². The molecule has 0 aromatic heterocycles. The van der Waals surface area contributed by atoms with Gasteiger partial charge in [-0.1, -0.05) is 60.6 Å². The number of hydrogen-bond acceptors (Lipinski definition) is 0. The Morgan fingerprint density at radius 1 is 0.929 bits per heavy atom. The van der Waals surface area contributed by atoms with Crippen LogP contribution in [0.3, 0.4) is 0 Å². The van der Waals surface area contributed by atoms with Crippen molar-refractivity contribution in [3.8, 4) is 0 Å². The Hall–Kier alpha value is -0.260. The highest BCUT2D eigenvalue weighted by molar-refractivity contribution is 5.13. The van der Waals surface area contributed by atoms with Crippen LogP contribution in [0.2, 0.25) is 0 Å². The van der Waals surface area contributed by atoms with Crippen LogP contribution in [-0.2, 0) is 0 Å². The van der Waals surface area contributed by atoms with E-state index in [2.05, 4.69) is 62.0 Å². The molecule has 0 aromatic rings. The van der Waals surface area contributed by atoms with E-state index in [0.29, 0.717) is 17.3 Å². The Morgan fingerprint density at radius 2 is 1.29 bits per heavy atom. The zero-order valence-corrected chi connectivity index (χ0v) is 11.4. The van der Waals surface area contributed by atoms with Gasteiger partial charge in [0.2, 0.25) is 0 Å². The van der Waals surface area contributed by atoms with E-state index in [9.17, 15) is 0 Å². The second kappa shape index (κ2) is 4.08. The van der Waals surface area contributed by atoms with Gasteiger partial charge in [-0.25, -0.2) is 0 Å². The smallest absolute Gasteiger partial charge is 0.00453 e. The molecule has 0 bridgehead atoms. The van der Waals surface area contributed by atoms with Crippen molar-refractivity contribution >= 4 is 0 Å². The first-order chi connectivity index (χ1) is 6.08. The van der Waals surface area contributed by atoms with Gasteiger partial charge >= 0.3 is 0 Å². The molecule has 0 heteroatoms. The summed E-state index contributed by atoms with van der Waals surface area (Å²) in [5.74, 6) is 1.31. The summed E-state index contributed by atoms with van der Waals surface area (Å²) in [6.45, 7) is 22.7. The molecule has 0 amide bonds. The molecule has 0 saturated heterocycles. The van der Waals surface area contributed by atoms with E-state index in [4.69, 9.17) is 0 Å². The van der Waals surface area contributed by atoms with Crippen LogP contribution in [0.4, 0.5) is 0 Å². The molecule has 0 aliphatic rings.